The van der Waals surface area contributed by atoms with Crippen molar-refractivity contribution in [2.45, 2.75) is 43.6 Å². The van der Waals surface area contributed by atoms with Crippen LogP contribution in [0.1, 0.15) is 47.4 Å². The van der Waals surface area contributed by atoms with Gasteiger partial charge in [-0.05, 0) is 85.1 Å². The smallest absolute Gasteiger partial charge is 0.410 e. The number of aromatic nitrogens is 1. The average Bonchev–Trinajstić information content (AvgIpc) is 3.43. The van der Waals surface area contributed by atoms with Gasteiger partial charge >= 0.3 is 6.09 Å². The van der Waals surface area contributed by atoms with E-state index in [0.717, 1.165) is 59.1 Å². The van der Waals surface area contributed by atoms with Crippen LogP contribution in [0.15, 0.2) is 79.0 Å². The summed E-state index contributed by atoms with van der Waals surface area (Å²) in [5.74, 6) is -0.438. The van der Waals surface area contributed by atoms with Crippen LogP contribution in [-0.2, 0) is 27.9 Å². The van der Waals surface area contributed by atoms with Crippen LogP contribution >= 0.6 is 0 Å². The second-order valence-electron chi connectivity index (χ2n) is 11.4. The van der Waals surface area contributed by atoms with Crippen molar-refractivity contribution < 1.29 is 18.7 Å². The predicted octanol–water partition coefficient (Wildman–Crippen LogP) is 5.49. The molecule has 1 aromatic heterocycles. The molecule has 0 radical (unpaired) electrons. The van der Waals surface area contributed by atoms with Gasteiger partial charge in [0.2, 0.25) is 5.91 Å². The zero-order valence-corrected chi connectivity index (χ0v) is 23.7. The number of ether oxygens (including phenoxy) is 1. The van der Waals surface area contributed by atoms with Gasteiger partial charge in [-0.25, -0.2) is 9.18 Å². The fraction of sp³-hybridized carbons (Fsp3) is 0.353. The number of hydrogen-bond donors (Lipinski definition) is 2. The normalized spacial score (nSPS) is 19.5. The monoisotopic (exact) mass is 568 g/mol. The number of halogens is 1. The number of carbonyl (C=O) groups is 2. The lowest BCUT2D eigenvalue weighted by Gasteiger charge is -2.46. The van der Waals surface area contributed by atoms with E-state index in [1.54, 1.807) is 17.0 Å². The molecule has 1 unspecified atom stereocenters. The summed E-state index contributed by atoms with van der Waals surface area (Å²) < 4.78 is 19.7. The van der Waals surface area contributed by atoms with E-state index in [9.17, 15) is 14.0 Å². The molecule has 218 valence electrons. The van der Waals surface area contributed by atoms with Crippen molar-refractivity contribution in [2.24, 2.45) is 5.73 Å². The number of nitrogens with one attached hydrogen (secondary N) is 1. The molecule has 0 bridgehead atoms. The first kappa shape index (κ1) is 28.0. The van der Waals surface area contributed by atoms with E-state index in [2.05, 4.69) is 9.88 Å². The highest BCUT2D eigenvalue weighted by molar-refractivity contribution is 5.91. The van der Waals surface area contributed by atoms with Gasteiger partial charge in [-0.1, -0.05) is 54.6 Å². The minimum absolute atomic E-state index is 0.223. The second-order valence-corrected chi connectivity index (χ2v) is 11.4. The zero-order valence-electron chi connectivity index (χ0n) is 23.7. The molecule has 7 nitrogen and oxygen atoms in total. The molecule has 0 aliphatic carbocycles. The lowest BCUT2D eigenvalue weighted by atomic mass is 9.77. The van der Waals surface area contributed by atoms with E-state index >= 15 is 0 Å². The number of piperidine rings is 1. The summed E-state index contributed by atoms with van der Waals surface area (Å²) in [5, 5.41) is 0.946. The van der Waals surface area contributed by atoms with Crippen LogP contribution in [0.5, 0.6) is 0 Å². The van der Waals surface area contributed by atoms with E-state index in [4.69, 9.17) is 10.5 Å². The number of rotatable bonds is 8. The Morgan fingerprint density at radius 1 is 1.00 bits per heavy atom. The number of nitrogens with zero attached hydrogens (tertiary/aromatic N) is 2. The van der Waals surface area contributed by atoms with Crippen molar-refractivity contribution in [3.8, 4) is 0 Å². The van der Waals surface area contributed by atoms with Crippen LogP contribution in [-0.4, -0.2) is 59.6 Å². The first-order valence-corrected chi connectivity index (χ1v) is 14.8. The van der Waals surface area contributed by atoms with Gasteiger partial charge in [0.1, 0.15) is 5.82 Å². The molecular weight excluding hydrogens is 531 g/mol. The lowest BCUT2D eigenvalue weighted by molar-refractivity contribution is -0.131. The summed E-state index contributed by atoms with van der Waals surface area (Å²) in [5.41, 5.74) is 9.92. The van der Waals surface area contributed by atoms with Crippen LogP contribution in [0, 0.1) is 5.82 Å². The Morgan fingerprint density at radius 2 is 1.76 bits per heavy atom. The SMILES string of the molecule is NC(=O)C1(CCN2CCC(c3c[nH]c4ccc(F)cc34)CC2)c2ccccc2CCN1C(=O)OCCc1ccccc1. The van der Waals surface area contributed by atoms with Crippen LogP contribution in [0.3, 0.4) is 0 Å². The number of carbonyl (C=O) groups excluding carboxylic acids is 2. The molecule has 3 aromatic carbocycles. The van der Waals surface area contributed by atoms with E-state index in [-0.39, 0.29) is 12.4 Å². The summed E-state index contributed by atoms with van der Waals surface area (Å²) >= 11 is 0. The number of H-pyrrole nitrogens is 1. The highest BCUT2D eigenvalue weighted by Gasteiger charge is 2.50. The van der Waals surface area contributed by atoms with Gasteiger partial charge < -0.3 is 20.4 Å². The molecule has 2 aliphatic heterocycles. The Kier molecular flexibility index (Phi) is 7.98. The molecule has 3 N–H and O–H groups in total. The first-order valence-electron chi connectivity index (χ1n) is 14.8. The number of nitrogens with two attached hydrogens (primary N) is 1. The minimum atomic E-state index is -1.29. The maximum Gasteiger partial charge on any atom is 0.410 e. The molecule has 1 fully saturated rings. The summed E-state index contributed by atoms with van der Waals surface area (Å²) in [7, 11) is 0. The molecule has 8 heteroatoms. The summed E-state index contributed by atoms with van der Waals surface area (Å²) in [6, 6.07) is 22.5. The van der Waals surface area contributed by atoms with Crippen LogP contribution in [0.4, 0.5) is 9.18 Å². The molecular formula is C34H37FN4O3. The standard InChI is InChI=1S/C34H37FN4O3/c35-27-10-11-31-28(22-27)29(23-37-31)25-12-17-38(18-13-25)20-16-34(32(36)40)30-9-5-4-8-26(30)14-19-39(34)33(41)42-21-15-24-6-2-1-3-7-24/h1-11,22-23,25,37H,12-21H2,(H2,36,40). The molecule has 42 heavy (non-hydrogen) atoms. The second kappa shape index (κ2) is 12.0. The predicted molar refractivity (Wildman–Crippen MR) is 161 cm³/mol. The number of likely N-dealkylation sites (tertiary alicyclic amines) is 1. The van der Waals surface area contributed by atoms with E-state index in [1.165, 1.54) is 6.07 Å². The van der Waals surface area contributed by atoms with Gasteiger partial charge in [-0.2, -0.15) is 0 Å². The Balaban J connectivity index is 1.16. The number of hydrogen-bond acceptors (Lipinski definition) is 4. The summed E-state index contributed by atoms with van der Waals surface area (Å²) in [6.45, 7) is 2.88. The van der Waals surface area contributed by atoms with Crippen molar-refractivity contribution in [3.63, 3.8) is 0 Å². The van der Waals surface area contributed by atoms with Crippen molar-refractivity contribution in [2.75, 3.05) is 32.8 Å². The van der Waals surface area contributed by atoms with Crippen LogP contribution < -0.4 is 5.73 Å². The maximum atomic E-state index is 13.9. The van der Waals surface area contributed by atoms with Crippen molar-refractivity contribution in [1.82, 2.24) is 14.8 Å². The van der Waals surface area contributed by atoms with Gasteiger partial charge in [0.15, 0.2) is 5.54 Å². The number of benzene rings is 3. The Labute approximate surface area is 245 Å². The third kappa shape index (κ3) is 5.39. The quantitative estimate of drug-likeness (QED) is 0.294. The van der Waals surface area contributed by atoms with Gasteiger partial charge in [-0.3, -0.25) is 9.69 Å². The topological polar surface area (TPSA) is 91.7 Å². The van der Waals surface area contributed by atoms with Gasteiger partial charge in [0, 0.05) is 36.6 Å². The molecule has 0 saturated carbocycles. The van der Waals surface area contributed by atoms with E-state index in [0.29, 0.717) is 38.3 Å². The van der Waals surface area contributed by atoms with Crippen LogP contribution in [0.2, 0.25) is 0 Å². The molecule has 2 aliphatic rings. The van der Waals surface area contributed by atoms with E-state index < -0.39 is 17.5 Å². The van der Waals surface area contributed by atoms with Gasteiger partial charge in [-0.15, -0.1) is 0 Å². The fourth-order valence-electron chi connectivity index (χ4n) is 6.83. The molecule has 1 saturated heterocycles. The molecule has 3 heterocycles. The molecule has 6 rings (SSSR count). The highest BCUT2D eigenvalue weighted by Crippen LogP contribution is 2.40. The van der Waals surface area contributed by atoms with Crippen LogP contribution in [0.25, 0.3) is 10.9 Å². The third-order valence-corrected chi connectivity index (χ3v) is 9.11. The Hall–Kier alpha value is -4.17. The number of fused-ring (bicyclic) bond motifs is 2. The van der Waals surface area contributed by atoms with Crippen molar-refractivity contribution in [1.29, 1.82) is 0 Å². The van der Waals surface area contributed by atoms with Gasteiger partial charge in [0.25, 0.3) is 0 Å². The first-order chi connectivity index (χ1) is 20.5. The van der Waals surface area contributed by atoms with E-state index in [1.807, 2.05) is 60.8 Å². The third-order valence-electron chi connectivity index (χ3n) is 9.11. The molecule has 0 spiro atoms. The number of amides is 2. The van der Waals surface area contributed by atoms with Crippen molar-refractivity contribution >= 4 is 22.9 Å². The summed E-state index contributed by atoms with van der Waals surface area (Å²) in [4.78, 5) is 34.1. The average molecular weight is 569 g/mol. The molecule has 4 aromatic rings. The van der Waals surface area contributed by atoms with Crippen molar-refractivity contribution in [3.05, 3.63) is 107 Å². The number of primary amides is 1. The highest BCUT2D eigenvalue weighted by atomic mass is 19.1. The Bertz CT molecular complexity index is 1560. The minimum Gasteiger partial charge on any atom is -0.449 e. The molecule has 1 atom stereocenters. The zero-order chi connectivity index (χ0) is 29.1. The summed E-state index contributed by atoms with van der Waals surface area (Å²) in [6.07, 6.45) is 4.96. The Morgan fingerprint density at radius 3 is 2.55 bits per heavy atom. The van der Waals surface area contributed by atoms with Gasteiger partial charge in [0.05, 0.1) is 6.61 Å². The maximum absolute atomic E-state index is 13.9. The largest absolute Gasteiger partial charge is 0.449 e. The fourth-order valence-corrected chi connectivity index (χ4v) is 6.83. The molecule has 2 amide bonds. The number of aromatic amines is 1. The lowest BCUT2D eigenvalue weighted by Crippen LogP contribution is -2.61.